The quantitative estimate of drug-likeness (QED) is 0.646. The van der Waals surface area contributed by atoms with Gasteiger partial charge in [0, 0.05) is 24.5 Å². The average Bonchev–Trinajstić information content (AvgIpc) is 2.44. The Balaban J connectivity index is 2.37. The maximum atomic E-state index is 6.11. The van der Waals surface area contributed by atoms with Crippen LogP contribution < -0.4 is 5.32 Å². The van der Waals surface area contributed by atoms with E-state index in [0.717, 1.165) is 34.8 Å². The Morgan fingerprint density at radius 3 is 2.73 bits per heavy atom. The second-order valence-electron chi connectivity index (χ2n) is 3.55. The molecule has 0 aliphatic rings. The van der Waals surface area contributed by atoms with Crippen molar-refractivity contribution in [2.45, 2.75) is 26.3 Å². The molecule has 1 heterocycles. The molecule has 0 radical (unpaired) electrons. The smallest absolute Gasteiger partial charge is 0.131 e. The van der Waals surface area contributed by atoms with Crippen LogP contribution in [0.4, 0.5) is 0 Å². The Morgan fingerprint density at radius 1 is 1.47 bits per heavy atom. The van der Waals surface area contributed by atoms with Crippen LogP contribution in [0, 0.1) is 6.92 Å². The number of hydrogen-bond acceptors (Lipinski definition) is 2. The topological polar surface area (TPSA) is 29.9 Å². The average molecular weight is 295 g/mol. The Morgan fingerprint density at radius 2 is 2.20 bits per heavy atom. The molecule has 0 aromatic carbocycles. The first kappa shape index (κ1) is 13.0. The molecule has 0 unspecified atom stereocenters. The van der Waals surface area contributed by atoms with Crippen LogP contribution in [0.15, 0.2) is 0 Å². The molecule has 0 aliphatic carbocycles. The van der Waals surface area contributed by atoms with Gasteiger partial charge in [-0.15, -0.1) is 0 Å². The Bertz CT molecular complexity index is 312. The summed E-state index contributed by atoms with van der Waals surface area (Å²) in [5.74, 6) is 0. The molecule has 1 aromatic heterocycles. The van der Waals surface area contributed by atoms with Crippen molar-refractivity contribution in [3.8, 4) is 0 Å². The van der Waals surface area contributed by atoms with Crippen LogP contribution in [0.25, 0.3) is 0 Å². The van der Waals surface area contributed by atoms with Gasteiger partial charge in [-0.2, -0.15) is 5.10 Å². The number of alkyl halides is 1. The Kier molecular flexibility index (Phi) is 5.64. The van der Waals surface area contributed by atoms with E-state index in [0.29, 0.717) is 0 Å². The summed E-state index contributed by atoms with van der Waals surface area (Å²) >= 11 is 9.52. The summed E-state index contributed by atoms with van der Waals surface area (Å²) in [5, 5.41) is 9.44. The van der Waals surface area contributed by atoms with Crippen molar-refractivity contribution >= 4 is 27.5 Å². The predicted molar refractivity (Wildman–Crippen MR) is 67.7 cm³/mol. The Labute approximate surface area is 104 Å². The number of hydrogen-bond donors (Lipinski definition) is 1. The van der Waals surface area contributed by atoms with Crippen molar-refractivity contribution < 1.29 is 0 Å². The monoisotopic (exact) mass is 293 g/mol. The fraction of sp³-hybridized carbons (Fsp3) is 0.700. The second-order valence-corrected chi connectivity index (χ2v) is 4.70. The lowest BCUT2D eigenvalue weighted by Crippen LogP contribution is -2.15. The van der Waals surface area contributed by atoms with Crippen molar-refractivity contribution in [2.24, 2.45) is 7.05 Å². The summed E-state index contributed by atoms with van der Waals surface area (Å²) in [6.07, 6.45) is 2.38. The highest BCUT2D eigenvalue weighted by atomic mass is 79.9. The standard InChI is InChI=1S/C10H17BrClN3/c1-8-9(10(12)15(2)14-8)7-13-6-4-3-5-11/h13H,3-7H2,1-2H3. The van der Waals surface area contributed by atoms with Gasteiger partial charge in [-0.05, 0) is 26.3 Å². The van der Waals surface area contributed by atoms with Gasteiger partial charge in [0.15, 0.2) is 0 Å². The lowest BCUT2D eigenvalue weighted by molar-refractivity contribution is 0.643. The van der Waals surface area contributed by atoms with Gasteiger partial charge in [0.05, 0.1) is 5.69 Å². The largest absolute Gasteiger partial charge is 0.312 e. The number of nitrogens with zero attached hydrogens (tertiary/aromatic N) is 2. The normalized spacial score (nSPS) is 10.9. The van der Waals surface area contributed by atoms with Crippen molar-refractivity contribution in [1.29, 1.82) is 0 Å². The van der Waals surface area contributed by atoms with E-state index >= 15 is 0 Å². The zero-order chi connectivity index (χ0) is 11.3. The molecule has 3 nitrogen and oxygen atoms in total. The predicted octanol–water partition coefficient (Wildman–Crippen LogP) is 2.65. The molecular formula is C10H17BrClN3. The molecule has 86 valence electrons. The zero-order valence-electron chi connectivity index (χ0n) is 9.19. The third kappa shape index (κ3) is 3.78. The summed E-state index contributed by atoms with van der Waals surface area (Å²) < 4.78 is 1.71. The molecule has 1 aromatic rings. The minimum absolute atomic E-state index is 0.737. The van der Waals surface area contributed by atoms with E-state index < -0.39 is 0 Å². The molecular weight excluding hydrogens is 277 g/mol. The van der Waals surface area contributed by atoms with Crippen molar-refractivity contribution in [3.05, 3.63) is 16.4 Å². The molecule has 0 saturated carbocycles. The van der Waals surface area contributed by atoms with Crippen LogP contribution in [0.1, 0.15) is 24.1 Å². The number of unbranched alkanes of at least 4 members (excludes halogenated alkanes) is 1. The molecule has 1 N–H and O–H groups in total. The van der Waals surface area contributed by atoms with E-state index in [1.807, 2.05) is 14.0 Å². The van der Waals surface area contributed by atoms with Crippen LogP contribution in [-0.2, 0) is 13.6 Å². The van der Waals surface area contributed by atoms with Crippen molar-refractivity contribution in [2.75, 3.05) is 11.9 Å². The molecule has 1 rings (SSSR count). The van der Waals surface area contributed by atoms with E-state index in [-0.39, 0.29) is 0 Å². The van der Waals surface area contributed by atoms with E-state index in [4.69, 9.17) is 11.6 Å². The van der Waals surface area contributed by atoms with E-state index in [2.05, 4.69) is 26.3 Å². The summed E-state index contributed by atoms with van der Waals surface area (Å²) in [7, 11) is 1.86. The highest BCUT2D eigenvalue weighted by molar-refractivity contribution is 9.09. The van der Waals surface area contributed by atoms with Crippen LogP contribution in [-0.4, -0.2) is 21.7 Å². The van der Waals surface area contributed by atoms with E-state index in [9.17, 15) is 0 Å². The molecule has 5 heteroatoms. The van der Waals surface area contributed by atoms with Crippen molar-refractivity contribution in [3.63, 3.8) is 0 Å². The first-order valence-electron chi connectivity index (χ1n) is 5.11. The summed E-state index contributed by atoms with van der Waals surface area (Å²) in [6.45, 7) is 3.82. The van der Waals surface area contributed by atoms with E-state index in [1.165, 1.54) is 12.8 Å². The number of nitrogens with one attached hydrogen (secondary N) is 1. The lowest BCUT2D eigenvalue weighted by Gasteiger charge is -2.03. The van der Waals surface area contributed by atoms with Gasteiger partial charge in [0.25, 0.3) is 0 Å². The first-order chi connectivity index (χ1) is 7.16. The minimum atomic E-state index is 0.737. The molecule has 0 bridgehead atoms. The third-order valence-corrected chi connectivity index (χ3v) is 3.34. The van der Waals surface area contributed by atoms with Crippen LogP contribution in [0.5, 0.6) is 0 Å². The number of halogens is 2. The van der Waals surface area contributed by atoms with E-state index in [1.54, 1.807) is 4.68 Å². The van der Waals surface area contributed by atoms with Crippen LogP contribution >= 0.6 is 27.5 Å². The fourth-order valence-corrected chi connectivity index (χ4v) is 2.07. The minimum Gasteiger partial charge on any atom is -0.312 e. The number of aromatic nitrogens is 2. The highest BCUT2D eigenvalue weighted by Gasteiger charge is 2.09. The first-order valence-corrected chi connectivity index (χ1v) is 6.61. The molecule has 0 amide bonds. The van der Waals surface area contributed by atoms with Gasteiger partial charge < -0.3 is 5.32 Å². The fourth-order valence-electron chi connectivity index (χ4n) is 1.43. The summed E-state index contributed by atoms with van der Waals surface area (Å²) in [4.78, 5) is 0. The van der Waals surface area contributed by atoms with Gasteiger partial charge in [0.2, 0.25) is 0 Å². The highest BCUT2D eigenvalue weighted by Crippen LogP contribution is 2.17. The van der Waals surface area contributed by atoms with Gasteiger partial charge in [-0.3, -0.25) is 4.68 Å². The zero-order valence-corrected chi connectivity index (χ0v) is 11.5. The lowest BCUT2D eigenvalue weighted by atomic mass is 10.2. The molecule has 0 fully saturated rings. The van der Waals surface area contributed by atoms with Gasteiger partial charge >= 0.3 is 0 Å². The summed E-state index contributed by atoms with van der Waals surface area (Å²) in [5.41, 5.74) is 2.12. The third-order valence-electron chi connectivity index (χ3n) is 2.31. The van der Waals surface area contributed by atoms with Gasteiger partial charge in [-0.25, -0.2) is 0 Å². The van der Waals surface area contributed by atoms with Gasteiger partial charge in [-0.1, -0.05) is 27.5 Å². The maximum Gasteiger partial charge on any atom is 0.131 e. The number of aryl methyl sites for hydroxylation is 2. The van der Waals surface area contributed by atoms with Crippen LogP contribution in [0.3, 0.4) is 0 Å². The maximum absolute atomic E-state index is 6.11. The molecule has 0 spiro atoms. The molecule has 0 saturated heterocycles. The second kappa shape index (κ2) is 6.51. The van der Waals surface area contributed by atoms with Crippen molar-refractivity contribution in [1.82, 2.24) is 15.1 Å². The van der Waals surface area contributed by atoms with Gasteiger partial charge in [0.1, 0.15) is 5.15 Å². The van der Waals surface area contributed by atoms with Crippen LogP contribution in [0.2, 0.25) is 5.15 Å². The molecule has 0 atom stereocenters. The Hall–Kier alpha value is -0.0600. The SMILES string of the molecule is Cc1nn(C)c(Cl)c1CNCCCCBr. The molecule has 0 aliphatic heterocycles. The molecule has 15 heavy (non-hydrogen) atoms. The summed E-state index contributed by atoms with van der Waals surface area (Å²) in [6, 6.07) is 0. The number of rotatable bonds is 6.